The van der Waals surface area contributed by atoms with Crippen LogP contribution in [0.5, 0.6) is 0 Å². The summed E-state index contributed by atoms with van der Waals surface area (Å²) in [5, 5.41) is 7.80. The van der Waals surface area contributed by atoms with Crippen molar-refractivity contribution in [3.63, 3.8) is 0 Å². The zero-order chi connectivity index (χ0) is 14.4. The number of nitrogens with zero attached hydrogens (tertiary/aromatic N) is 3. The van der Waals surface area contributed by atoms with E-state index in [-0.39, 0.29) is 5.56 Å². The fourth-order valence-electron chi connectivity index (χ4n) is 3.04. The molecule has 3 heterocycles. The van der Waals surface area contributed by atoms with Gasteiger partial charge in [0.1, 0.15) is 5.65 Å². The van der Waals surface area contributed by atoms with Crippen molar-refractivity contribution in [2.75, 3.05) is 6.54 Å². The van der Waals surface area contributed by atoms with E-state index in [0.717, 1.165) is 41.1 Å². The molecule has 1 aromatic carbocycles. The van der Waals surface area contributed by atoms with Crippen molar-refractivity contribution in [2.45, 2.75) is 19.9 Å². The zero-order valence-corrected chi connectivity index (χ0v) is 11.8. The van der Waals surface area contributed by atoms with Crippen LogP contribution >= 0.6 is 0 Å². The molecule has 0 aliphatic carbocycles. The SMILES string of the molecule is Cc1cnn2c3c(c(=O)n(-c4ccccc4)c12)CCNC3. The minimum atomic E-state index is 0.0776. The lowest BCUT2D eigenvalue weighted by atomic mass is 10.1. The van der Waals surface area contributed by atoms with E-state index in [1.165, 1.54) is 0 Å². The maximum Gasteiger partial charge on any atom is 0.261 e. The number of rotatable bonds is 1. The Labute approximate surface area is 121 Å². The topological polar surface area (TPSA) is 51.3 Å². The van der Waals surface area contributed by atoms with Gasteiger partial charge in [-0.15, -0.1) is 0 Å². The highest BCUT2D eigenvalue weighted by Gasteiger charge is 2.21. The molecule has 0 unspecified atom stereocenters. The first kappa shape index (κ1) is 12.3. The van der Waals surface area contributed by atoms with Crippen molar-refractivity contribution in [1.29, 1.82) is 0 Å². The van der Waals surface area contributed by atoms with Gasteiger partial charge >= 0.3 is 0 Å². The van der Waals surface area contributed by atoms with Crippen molar-refractivity contribution in [1.82, 2.24) is 19.5 Å². The van der Waals surface area contributed by atoms with E-state index in [0.29, 0.717) is 6.54 Å². The number of nitrogens with one attached hydrogen (secondary N) is 1. The van der Waals surface area contributed by atoms with Gasteiger partial charge in [0.25, 0.3) is 5.56 Å². The Morgan fingerprint density at radius 1 is 1.24 bits per heavy atom. The molecule has 0 atom stereocenters. The Bertz CT molecular complexity index is 877. The molecule has 21 heavy (non-hydrogen) atoms. The first-order valence-electron chi connectivity index (χ1n) is 7.14. The molecule has 0 saturated carbocycles. The first-order chi connectivity index (χ1) is 10.3. The monoisotopic (exact) mass is 280 g/mol. The molecule has 1 N–H and O–H groups in total. The van der Waals surface area contributed by atoms with Crippen LogP contribution in [-0.4, -0.2) is 20.7 Å². The summed E-state index contributed by atoms with van der Waals surface area (Å²) in [6.07, 6.45) is 2.57. The lowest BCUT2D eigenvalue weighted by Crippen LogP contribution is -2.35. The number of para-hydroxylation sites is 1. The van der Waals surface area contributed by atoms with Gasteiger partial charge in [0.2, 0.25) is 0 Å². The predicted molar refractivity (Wildman–Crippen MR) is 80.9 cm³/mol. The summed E-state index contributed by atoms with van der Waals surface area (Å²) in [6.45, 7) is 3.52. The van der Waals surface area contributed by atoms with Gasteiger partial charge < -0.3 is 5.32 Å². The number of hydrogen-bond donors (Lipinski definition) is 1. The second kappa shape index (κ2) is 4.56. The molecule has 0 fully saturated rings. The minimum Gasteiger partial charge on any atom is -0.311 e. The third kappa shape index (κ3) is 1.74. The summed E-state index contributed by atoms with van der Waals surface area (Å²) in [6, 6.07) is 9.77. The molecular formula is C16H16N4O. The second-order valence-electron chi connectivity index (χ2n) is 5.39. The number of benzene rings is 1. The van der Waals surface area contributed by atoms with Gasteiger partial charge in [0.15, 0.2) is 0 Å². The first-order valence-corrected chi connectivity index (χ1v) is 7.14. The summed E-state index contributed by atoms with van der Waals surface area (Å²) < 4.78 is 3.69. The van der Waals surface area contributed by atoms with E-state index >= 15 is 0 Å². The van der Waals surface area contributed by atoms with E-state index in [4.69, 9.17) is 0 Å². The van der Waals surface area contributed by atoms with Crippen LogP contribution < -0.4 is 10.9 Å². The molecule has 0 bridgehead atoms. The van der Waals surface area contributed by atoms with E-state index in [9.17, 15) is 4.79 Å². The smallest absolute Gasteiger partial charge is 0.261 e. The van der Waals surface area contributed by atoms with Crippen LogP contribution in [0.1, 0.15) is 16.8 Å². The summed E-state index contributed by atoms with van der Waals surface area (Å²) >= 11 is 0. The molecule has 0 amide bonds. The van der Waals surface area contributed by atoms with Crippen molar-refractivity contribution in [3.05, 3.63) is 63.7 Å². The Kier molecular flexibility index (Phi) is 2.68. The summed E-state index contributed by atoms with van der Waals surface area (Å²) in [5.41, 5.74) is 4.68. The molecule has 3 aromatic rings. The van der Waals surface area contributed by atoms with Crippen molar-refractivity contribution >= 4 is 5.65 Å². The van der Waals surface area contributed by atoms with Crippen LogP contribution in [0, 0.1) is 6.92 Å². The van der Waals surface area contributed by atoms with Crippen LogP contribution in [0.4, 0.5) is 0 Å². The Hall–Kier alpha value is -2.40. The molecule has 0 spiro atoms. The van der Waals surface area contributed by atoms with Crippen LogP contribution in [0.15, 0.2) is 41.3 Å². The molecule has 5 nitrogen and oxygen atoms in total. The molecule has 2 aromatic heterocycles. The Balaban J connectivity index is 2.18. The normalized spacial score (nSPS) is 14.3. The highest BCUT2D eigenvalue weighted by atomic mass is 16.1. The molecule has 4 rings (SSSR count). The molecule has 106 valence electrons. The van der Waals surface area contributed by atoms with Crippen LogP contribution in [0.2, 0.25) is 0 Å². The number of aryl methyl sites for hydroxylation is 1. The number of fused-ring (bicyclic) bond motifs is 3. The summed E-state index contributed by atoms with van der Waals surface area (Å²) in [7, 11) is 0. The molecule has 1 aliphatic heterocycles. The number of hydrogen-bond acceptors (Lipinski definition) is 3. The predicted octanol–water partition coefficient (Wildman–Crippen LogP) is 1.44. The van der Waals surface area contributed by atoms with Gasteiger partial charge in [-0.25, -0.2) is 4.52 Å². The molecular weight excluding hydrogens is 264 g/mol. The van der Waals surface area contributed by atoms with Gasteiger partial charge in [-0.3, -0.25) is 9.36 Å². The lowest BCUT2D eigenvalue weighted by Gasteiger charge is -2.20. The summed E-state index contributed by atoms with van der Waals surface area (Å²) in [5.74, 6) is 0. The largest absolute Gasteiger partial charge is 0.311 e. The highest BCUT2D eigenvalue weighted by Crippen LogP contribution is 2.19. The highest BCUT2D eigenvalue weighted by molar-refractivity contribution is 5.55. The fourth-order valence-corrected chi connectivity index (χ4v) is 3.04. The van der Waals surface area contributed by atoms with Crippen LogP contribution in [-0.2, 0) is 13.0 Å². The van der Waals surface area contributed by atoms with Crippen molar-refractivity contribution in [3.8, 4) is 5.69 Å². The third-order valence-corrected chi connectivity index (χ3v) is 4.06. The van der Waals surface area contributed by atoms with Gasteiger partial charge in [-0.2, -0.15) is 5.10 Å². The standard InChI is InChI=1S/C16H16N4O/c1-11-9-18-20-14-10-17-8-7-13(14)16(21)19(15(11)20)12-5-3-2-4-6-12/h2-6,9,17H,7-8,10H2,1H3. The van der Waals surface area contributed by atoms with Crippen molar-refractivity contribution < 1.29 is 0 Å². The molecule has 0 radical (unpaired) electrons. The fraction of sp³-hybridized carbons (Fsp3) is 0.250. The zero-order valence-electron chi connectivity index (χ0n) is 11.8. The van der Waals surface area contributed by atoms with Gasteiger partial charge in [-0.1, -0.05) is 18.2 Å². The van der Waals surface area contributed by atoms with E-state index in [1.807, 2.05) is 48.0 Å². The third-order valence-electron chi connectivity index (χ3n) is 4.06. The molecule has 5 heteroatoms. The Morgan fingerprint density at radius 2 is 2.05 bits per heavy atom. The van der Waals surface area contributed by atoms with Gasteiger partial charge in [0.05, 0.1) is 17.6 Å². The van der Waals surface area contributed by atoms with Gasteiger partial charge in [-0.05, 0) is 32.0 Å². The maximum absolute atomic E-state index is 13.0. The second-order valence-corrected chi connectivity index (χ2v) is 5.39. The van der Waals surface area contributed by atoms with E-state index in [2.05, 4.69) is 10.4 Å². The quantitative estimate of drug-likeness (QED) is 0.734. The van der Waals surface area contributed by atoms with Crippen LogP contribution in [0.3, 0.4) is 0 Å². The summed E-state index contributed by atoms with van der Waals surface area (Å²) in [4.78, 5) is 13.0. The van der Waals surface area contributed by atoms with Crippen molar-refractivity contribution in [2.24, 2.45) is 0 Å². The molecule has 1 aliphatic rings. The average Bonchev–Trinajstić information content (AvgIpc) is 2.91. The van der Waals surface area contributed by atoms with Gasteiger partial charge in [0, 0.05) is 17.7 Å². The molecule has 0 saturated heterocycles. The lowest BCUT2D eigenvalue weighted by molar-refractivity contribution is 0.595. The average molecular weight is 280 g/mol. The minimum absolute atomic E-state index is 0.0776. The maximum atomic E-state index is 13.0. The van der Waals surface area contributed by atoms with Crippen LogP contribution in [0.25, 0.3) is 11.3 Å². The van der Waals surface area contributed by atoms with E-state index < -0.39 is 0 Å². The van der Waals surface area contributed by atoms with E-state index in [1.54, 1.807) is 4.57 Å². The number of aromatic nitrogens is 3. The Morgan fingerprint density at radius 3 is 2.86 bits per heavy atom.